The monoisotopic (exact) mass is 345 g/mol. The molecule has 8 heteroatoms. The van der Waals surface area contributed by atoms with E-state index in [2.05, 4.69) is 15.0 Å². The molecule has 0 atom stereocenters. The first-order valence-electron chi connectivity index (χ1n) is 7.33. The first kappa shape index (κ1) is 16.6. The third-order valence-electron chi connectivity index (χ3n) is 3.60. The molecule has 128 valence electrons. The van der Waals surface area contributed by atoms with Crippen molar-refractivity contribution in [1.82, 2.24) is 4.98 Å². The number of fused-ring (bicyclic) bond motifs is 1. The van der Waals surface area contributed by atoms with Gasteiger partial charge in [0.2, 0.25) is 0 Å². The van der Waals surface area contributed by atoms with Gasteiger partial charge in [-0.15, -0.1) is 0 Å². The normalized spacial score (nSPS) is 10.8. The number of halogens is 2. The van der Waals surface area contributed by atoms with Gasteiger partial charge in [-0.25, -0.2) is 0 Å². The zero-order valence-corrected chi connectivity index (χ0v) is 12.9. The number of nitrogens with one attached hydrogen (secondary N) is 1. The van der Waals surface area contributed by atoms with E-state index in [1.165, 1.54) is 24.4 Å². The van der Waals surface area contributed by atoms with Gasteiger partial charge < -0.3 is 10.1 Å². The largest absolute Gasteiger partial charge is 0.435 e. The summed E-state index contributed by atoms with van der Waals surface area (Å²) >= 11 is 0. The van der Waals surface area contributed by atoms with Crippen LogP contribution >= 0.6 is 0 Å². The number of aromatic nitrogens is 1. The summed E-state index contributed by atoms with van der Waals surface area (Å²) in [4.78, 5) is 14.6. The van der Waals surface area contributed by atoms with Crippen LogP contribution in [0.25, 0.3) is 10.8 Å². The van der Waals surface area contributed by atoms with Crippen LogP contribution in [0.3, 0.4) is 0 Å². The lowest BCUT2D eigenvalue weighted by atomic mass is 10.1. The van der Waals surface area contributed by atoms with Crippen LogP contribution in [-0.4, -0.2) is 16.5 Å². The van der Waals surface area contributed by atoms with Crippen molar-refractivity contribution in [3.8, 4) is 5.75 Å². The molecule has 1 N–H and O–H groups in total. The fraction of sp³-hybridized carbons (Fsp3) is 0.118. The fourth-order valence-corrected chi connectivity index (χ4v) is 2.52. The number of nitro groups is 1. The summed E-state index contributed by atoms with van der Waals surface area (Å²) in [7, 11) is 0. The molecule has 0 aliphatic carbocycles. The number of anilines is 1. The molecule has 1 aromatic heterocycles. The zero-order valence-electron chi connectivity index (χ0n) is 12.9. The van der Waals surface area contributed by atoms with Crippen molar-refractivity contribution >= 4 is 22.1 Å². The molecule has 3 rings (SSSR count). The minimum Gasteiger partial charge on any atom is -0.435 e. The number of non-ortho nitro benzene ring substituents is 1. The van der Waals surface area contributed by atoms with Crippen LogP contribution in [0.2, 0.25) is 0 Å². The first-order valence-corrected chi connectivity index (χ1v) is 7.33. The number of ether oxygens (including phenoxy) is 1. The molecular formula is C17H13F2N3O3. The Labute approximate surface area is 141 Å². The second-order valence-corrected chi connectivity index (χ2v) is 5.19. The standard InChI is InChI=1S/C17H13F2N3O3/c18-17(19)25-12-3-1-2-11(8-12)9-21-15-4-5-16(22(23)24)14-10-20-7-6-13(14)15/h1-8,10,17,21H,9H2. The highest BCUT2D eigenvalue weighted by Crippen LogP contribution is 2.31. The summed E-state index contributed by atoms with van der Waals surface area (Å²) in [6, 6.07) is 11.0. The molecule has 25 heavy (non-hydrogen) atoms. The summed E-state index contributed by atoms with van der Waals surface area (Å²) in [5.74, 6) is 0.0760. The van der Waals surface area contributed by atoms with Crippen molar-refractivity contribution in [2.45, 2.75) is 13.2 Å². The van der Waals surface area contributed by atoms with E-state index in [0.717, 1.165) is 5.56 Å². The Morgan fingerprint density at radius 3 is 2.80 bits per heavy atom. The number of hydrogen-bond donors (Lipinski definition) is 1. The lowest BCUT2D eigenvalue weighted by Crippen LogP contribution is -2.04. The molecule has 2 aromatic carbocycles. The van der Waals surface area contributed by atoms with E-state index in [4.69, 9.17) is 0 Å². The molecule has 0 amide bonds. The molecule has 0 aliphatic heterocycles. The van der Waals surface area contributed by atoms with Crippen LogP contribution in [0, 0.1) is 10.1 Å². The lowest BCUT2D eigenvalue weighted by molar-refractivity contribution is -0.383. The van der Waals surface area contributed by atoms with E-state index in [0.29, 0.717) is 23.0 Å². The summed E-state index contributed by atoms with van der Waals surface area (Å²) in [6.07, 6.45) is 2.99. The highest BCUT2D eigenvalue weighted by molar-refractivity contribution is 5.99. The van der Waals surface area contributed by atoms with Crippen LogP contribution < -0.4 is 10.1 Å². The van der Waals surface area contributed by atoms with Crippen LogP contribution in [0.1, 0.15) is 5.56 Å². The van der Waals surface area contributed by atoms with E-state index >= 15 is 0 Å². The average Bonchev–Trinajstić information content (AvgIpc) is 2.59. The van der Waals surface area contributed by atoms with Gasteiger partial charge in [-0.1, -0.05) is 12.1 Å². The minimum absolute atomic E-state index is 0.0269. The maximum atomic E-state index is 12.3. The number of benzene rings is 2. The van der Waals surface area contributed by atoms with Crippen LogP contribution in [0.5, 0.6) is 5.75 Å². The predicted octanol–water partition coefficient (Wildman–Crippen LogP) is 4.36. The molecule has 0 saturated heterocycles. The number of rotatable bonds is 6. The van der Waals surface area contributed by atoms with Gasteiger partial charge in [0.1, 0.15) is 5.75 Å². The Bertz CT molecular complexity index is 919. The molecule has 0 aliphatic rings. The van der Waals surface area contributed by atoms with Crippen LogP contribution in [0.15, 0.2) is 54.9 Å². The van der Waals surface area contributed by atoms with Gasteiger partial charge in [0.25, 0.3) is 5.69 Å². The minimum atomic E-state index is -2.88. The number of alkyl halides is 2. The van der Waals surface area contributed by atoms with Gasteiger partial charge >= 0.3 is 6.61 Å². The molecule has 0 saturated carbocycles. The third kappa shape index (κ3) is 3.79. The molecule has 6 nitrogen and oxygen atoms in total. The molecule has 0 bridgehead atoms. The van der Waals surface area contributed by atoms with Gasteiger partial charge in [0, 0.05) is 36.1 Å². The Morgan fingerprint density at radius 1 is 1.20 bits per heavy atom. The van der Waals surface area contributed by atoms with Crippen molar-refractivity contribution < 1.29 is 18.4 Å². The summed E-state index contributed by atoms with van der Waals surface area (Å²) in [5, 5.41) is 15.4. The van der Waals surface area contributed by atoms with Crippen molar-refractivity contribution in [2.75, 3.05) is 5.32 Å². The molecule has 0 unspecified atom stereocenters. The Hall–Kier alpha value is -3.29. The highest BCUT2D eigenvalue weighted by atomic mass is 19.3. The van der Waals surface area contributed by atoms with E-state index in [1.807, 2.05) is 0 Å². The number of hydrogen-bond acceptors (Lipinski definition) is 5. The van der Waals surface area contributed by atoms with Gasteiger partial charge in [-0.3, -0.25) is 15.1 Å². The average molecular weight is 345 g/mol. The van der Waals surface area contributed by atoms with Crippen molar-refractivity contribution in [3.05, 3.63) is 70.5 Å². The summed E-state index contributed by atoms with van der Waals surface area (Å²) < 4.78 is 28.9. The van der Waals surface area contributed by atoms with E-state index in [1.54, 1.807) is 30.5 Å². The number of nitrogens with zero attached hydrogens (tertiary/aromatic N) is 2. The molecule has 1 heterocycles. The van der Waals surface area contributed by atoms with E-state index in [-0.39, 0.29) is 11.4 Å². The van der Waals surface area contributed by atoms with Crippen LogP contribution in [-0.2, 0) is 6.54 Å². The Kier molecular flexibility index (Phi) is 4.69. The number of pyridine rings is 1. The smallest absolute Gasteiger partial charge is 0.387 e. The molecular weight excluding hydrogens is 332 g/mol. The maximum absolute atomic E-state index is 12.3. The van der Waals surface area contributed by atoms with Gasteiger partial charge in [-0.05, 0) is 29.8 Å². The van der Waals surface area contributed by atoms with E-state index in [9.17, 15) is 18.9 Å². The van der Waals surface area contributed by atoms with E-state index < -0.39 is 11.5 Å². The van der Waals surface area contributed by atoms with Crippen molar-refractivity contribution in [2.24, 2.45) is 0 Å². The fourth-order valence-electron chi connectivity index (χ4n) is 2.52. The summed E-state index contributed by atoms with van der Waals surface area (Å²) in [6.45, 7) is -2.54. The molecule has 0 radical (unpaired) electrons. The Balaban J connectivity index is 1.85. The topological polar surface area (TPSA) is 77.3 Å². The Morgan fingerprint density at radius 2 is 2.04 bits per heavy atom. The maximum Gasteiger partial charge on any atom is 0.387 e. The molecule has 3 aromatic rings. The zero-order chi connectivity index (χ0) is 17.8. The van der Waals surface area contributed by atoms with Gasteiger partial charge in [0.15, 0.2) is 0 Å². The van der Waals surface area contributed by atoms with Crippen LogP contribution in [0.4, 0.5) is 20.2 Å². The quantitative estimate of drug-likeness (QED) is 0.531. The molecule has 0 spiro atoms. The summed E-state index contributed by atoms with van der Waals surface area (Å²) in [5.41, 5.74) is 1.39. The molecule has 0 fully saturated rings. The van der Waals surface area contributed by atoms with Gasteiger partial charge in [-0.2, -0.15) is 8.78 Å². The van der Waals surface area contributed by atoms with Crippen molar-refractivity contribution in [1.29, 1.82) is 0 Å². The first-order chi connectivity index (χ1) is 12.0. The second kappa shape index (κ2) is 7.08. The SMILES string of the molecule is O=[N+]([O-])c1ccc(NCc2cccc(OC(F)F)c2)c2ccncc12. The second-order valence-electron chi connectivity index (χ2n) is 5.19. The lowest BCUT2D eigenvalue weighted by Gasteiger charge is -2.11. The number of nitro benzene ring substituents is 1. The van der Waals surface area contributed by atoms with Crippen molar-refractivity contribution in [3.63, 3.8) is 0 Å². The highest BCUT2D eigenvalue weighted by Gasteiger charge is 2.14. The third-order valence-corrected chi connectivity index (χ3v) is 3.60. The predicted molar refractivity (Wildman–Crippen MR) is 88.8 cm³/mol. The van der Waals surface area contributed by atoms with Gasteiger partial charge in [0.05, 0.1) is 10.3 Å².